The van der Waals surface area contributed by atoms with Crippen LogP contribution in [0.2, 0.25) is 0 Å². The summed E-state index contributed by atoms with van der Waals surface area (Å²) in [5.74, 6) is -1.46. The predicted octanol–water partition coefficient (Wildman–Crippen LogP) is 1.46. The molecule has 20 heavy (non-hydrogen) atoms. The lowest BCUT2D eigenvalue weighted by Gasteiger charge is -2.10. The van der Waals surface area contributed by atoms with Gasteiger partial charge < -0.3 is 15.7 Å². The van der Waals surface area contributed by atoms with Crippen LogP contribution in [0.15, 0.2) is 24.3 Å². The highest BCUT2D eigenvalue weighted by atomic mass is 16.3. The average Bonchev–Trinajstić information content (AvgIpc) is 2.45. The van der Waals surface area contributed by atoms with Crippen LogP contribution in [0.25, 0.3) is 0 Å². The highest BCUT2D eigenvalue weighted by Gasteiger charge is 2.14. The maximum atomic E-state index is 11.6. The maximum absolute atomic E-state index is 11.6. The molecule has 1 aromatic carbocycles. The molecule has 5 heteroatoms. The minimum Gasteiger partial charge on any atom is -0.391 e. The van der Waals surface area contributed by atoms with Gasteiger partial charge in [-0.2, -0.15) is 0 Å². The first-order valence-corrected chi connectivity index (χ1v) is 6.93. The molecule has 0 saturated carbocycles. The Morgan fingerprint density at radius 3 is 2.35 bits per heavy atom. The van der Waals surface area contributed by atoms with E-state index in [2.05, 4.69) is 10.6 Å². The van der Waals surface area contributed by atoms with Crippen LogP contribution >= 0.6 is 0 Å². The molecule has 0 aliphatic rings. The number of aliphatic hydroxyl groups is 1. The number of aliphatic hydroxyl groups excluding tert-OH is 1. The van der Waals surface area contributed by atoms with Gasteiger partial charge >= 0.3 is 11.8 Å². The third kappa shape index (κ3) is 5.40. The summed E-state index contributed by atoms with van der Waals surface area (Å²) in [5.41, 5.74) is 1.74. The molecular weight excluding hydrogens is 256 g/mol. The van der Waals surface area contributed by atoms with E-state index in [4.69, 9.17) is 0 Å². The van der Waals surface area contributed by atoms with Crippen molar-refractivity contribution >= 4 is 17.5 Å². The van der Waals surface area contributed by atoms with Gasteiger partial charge in [-0.05, 0) is 30.5 Å². The van der Waals surface area contributed by atoms with Crippen LogP contribution in [0.3, 0.4) is 0 Å². The zero-order valence-corrected chi connectivity index (χ0v) is 12.0. The smallest absolute Gasteiger partial charge is 0.313 e. The molecular formula is C15H22N2O3. The number of anilines is 1. The number of amides is 2. The van der Waals surface area contributed by atoms with Crippen molar-refractivity contribution in [3.63, 3.8) is 0 Å². The molecule has 0 fully saturated rings. The van der Waals surface area contributed by atoms with E-state index < -0.39 is 17.9 Å². The molecule has 110 valence electrons. The Kier molecular flexibility index (Phi) is 6.73. The van der Waals surface area contributed by atoms with Crippen LogP contribution in [0, 0.1) is 0 Å². The van der Waals surface area contributed by atoms with Crippen molar-refractivity contribution in [1.82, 2.24) is 5.32 Å². The summed E-state index contributed by atoms with van der Waals surface area (Å²) in [6, 6.07) is 7.32. The summed E-state index contributed by atoms with van der Waals surface area (Å²) in [7, 11) is 0. The fourth-order valence-electron chi connectivity index (χ4n) is 1.74. The van der Waals surface area contributed by atoms with Gasteiger partial charge in [-0.1, -0.05) is 32.4 Å². The number of rotatable bonds is 6. The highest BCUT2D eigenvalue weighted by molar-refractivity contribution is 6.39. The quantitative estimate of drug-likeness (QED) is 0.689. The van der Waals surface area contributed by atoms with Crippen LogP contribution in [0.4, 0.5) is 5.69 Å². The first kappa shape index (κ1) is 16.2. The largest absolute Gasteiger partial charge is 0.391 e. The Balaban J connectivity index is 2.42. The van der Waals surface area contributed by atoms with E-state index in [1.807, 2.05) is 26.0 Å². The zero-order valence-electron chi connectivity index (χ0n) is 12.0. The van der Waals surface area contributed by atoms with Crippen LogP contribution in [-0.4, -0.2) is 29.6 Å². The lowest BCUT2D eigenvalue weighted by atomic mass is 10.1. The van der Waals surface area contributed by atoms with Crippen LogP contribution in [0.5, 0.6) is 0 Å². The number of hydrogen-bond acceptors (Lipinski definition) is 3. The average molecular weight is 278 g/mol. The van der Waals surface area contributed by atoms with Gasteiger partial charge in [-0.25, -0.2) is 0 Å². The van der Waals surface area contributed by atoms with E-state index in [1.165, 1.54) is 0 Å². The van der Waals surface area contributed by atoms with Gasteiger partial charge in [0.25, 0.3) is 0 Å². The summed E-state index contributed by atoms with van der Waals surface area (Å²) in [5, 5.41) is 14.4. The minimum atomic E-state index is -0.736. The van der Waals surface area contributed by atoms with Gasteiger partial charge in [0, 0.05) is 12.2 Å². The molecule has 0 aliphatic carbocycles. The number of aryl methyl sites for hydroxylation is 1. The first-order chi connectivity index (χ1) is 9.56. The van der Waals surface area contributed by atoms with Crippen molar-refractivity contribution in [1.29, 1.82) is 0 Å². The summed E-state index contributed by atoms with van der Waals surface area (Å²) in [6.45, 7) is 4.08. The lowest BCUT2D eigenvalue weighted by molar-refractivity contribution is -0.136. The SMILES string of the molecule is CCCC(O)CNC(=O)C(=O)Nc1ccc(CC)cc1. The number of carbonyl (C=O) groups excluding carboxylic acids is 2. The maximum Gasteiger partial charge on any atom is 0.313 e. The van der Waals surface area contributed by atoms with Gasteiger partial charge in [0.05, 0.1) is 6.10 Å². The highest BCUT2D eigenvalue weighted by Crippen LogP contribution is 2.09. The molecule has 1 atom stereocenters. The monoisotopic (exact) mass is 278 g/mol. The van der Waals surface area contributed by atoms with Crippen LogP contribution in [0.1, 0.15) is 32.3 Å². The van der Waals surface area contributed by atoms with Crippen molar-refractivity contribution in [3.05, 3.63) is 29.8 Å². The van der Waals surface area contributed by atoms with Crippen LogP contribution < -0.4 is 10.6 Å². The molecule has 1 aromatic rings. The number of benzene rings is 1. The number of hydrogen-bond donors (Lipinski definition) is 3. The third-order valence-electron chi connectivity index (χ3n) is 2.95. The van der Waals surface area contributed by atoms with E-state index in [9.17, 15) is 14.7 Å². The van der Waals surface area contributed by atoms with Crippen molar-refractivity contribution < 1.29 is 14.7 Å². The van der Waals surface area contributed by atoms with E-state index in [0.717, 1.165) is 18.4 Å². The molecule has 0 spiro atoms. The predicted molar refractivity (Wildman–Crippen MR) is 78.4 cm³/mol. The van der Waals surface area contributed by atoms with Gasteiger partial charge in [-0.15, -0.1) is 0 Å². The molecule has 1 rings (SSSR count). The Hall–Kier alpha value is -1.88. The molecule has 3 N–H and O–H groups in total. The van der Waals surface area contributed by atoms with E-state index in [0.29, 0.717) is 12.1 Å². The molecule has 2 amide bonds. The summed E-state index contributed by atoms with van der Waals surface area (Å²) < 4.78 is 0. The van der Waals surface area contributed by atoms with E-state index in [1.54, 1.807) is 12.1 Å². The number of carbonyl (C=O) groups is 2. The summed E-state index contributed by atoms with van der Waals surface area (Å²) in [4.78, 5) is 23.2. The molecule has 0 radical (unpaired) electrons. The second-order valence-electron chi connectivity index (χ2n) is 4.66. The fraction of sp³-hybridized carbons (Fsp3) is 0.467. The Bertz CT molecular complexity index is 443. The van der Waals surface area contributed by atoms with Gasteiger partial charge in [0.1, 0.15) is 0 Å². The molecule has 0 saturated heterocycles. The molecule has 0 aromatic heterocycles. The standard InChI is InChI=1S/C15H22N2O3/c1-3-5-13(18)10-16-14(19)15(20)17-12-8-6-11(4-2)7-9-12/h6-9,13,18H,3-5,10H2,1-2H3,(H,16,19)(H,17,20). The lowest BCUT2D eigenvalue weighted by Crippen LogP contribution is -2.39. The summed E-state index contributed by atoms with van der Waals surface area (Å²) >= 11 is 0. The second-order valence-corrected chi connectivity index (χ2v) is 4.66. The van der Waals surface area contributed by atoms with E-state index >= 15 is 0 Å². The van der Waals surface area contributed by atoms with Gasteiger partial charge in [0.2, 0.25) is 0 Å². The van der Waals surface area contributed by atoms with Gasteiger partial charge in [0.15, 0.2) is 0 Å². The topological polar surface area (TPSA) is 78.4 Å². The Labute approximate surface area is 119 Å². The normalized spacial score (nSPS) is 11.8. The summed E-state index contributed by atoms with van der Waals surface area (Å²) in [6.07, 6.45) is 1.73. The third-order valence-corrected chi connectivity index (χ3v) is 2.95. The number of nitrogens with one attached hydrogen (secondary N) is 2. The van der Waals surface area contributed by atoms with Crippen molar-refractivity contribution in [2.24, 2.45) is 0 Å². The first-order valence-electron chi connectivity index (χ1n) is 6.93. The molecule has 0 heterocycles. The zero-order chi connectivity index (χ0) is 15.0. The van der Waals surface area contributed by atoms with E-state index in [-0.39, 0.29) is 6.54 Å². The molecule has 0 bridgehead atoms. The Morgan fingerprint density at radius 2 is 1.80 bits per heavy atom. The van der Waals surface area contributed by atoms with Crippen molar-refractivity contribution in [2.75, 3.05) is 11.9 Å². The molecule has 0 aliphatic heterocycles. The Morgan fingerprint density at radius 1 is 1.15 bits per heavy atom. The van der Waals surface area contributed by atoms with Crippen LogP contribution in [-0.2, 0) is 16.0 Å². The second kappa shape index (κ2) is 8.32. The molecule has 5 nitrogen and oxygen atoms in total. The fourth-order valence-corrected chi connectivity index (χ4v) is 1.74. The molecule has 1 unspecified atom stereocenters. The van der Waals surface area contributed by atoms with Gasteiger partial charge in [-0.3, -0.25) is 9.59 Å². The van der Waals surface area contributed by atoms with Crippen molar-refractivity contribution in [2.45, 2.75) is 39.2 Å². The minimum absolute atomic E-state index is 0.0921. The van der Waals surface area contributed by atoms with Crippen molar-refractivity contribution in [3.8, 4) is 0 Å².